The van der Waals surface area contributed by atoms with E-state index >= 15 is 0 Å². The van der Waals surface area contributed by atoms with Gasteiger partial charge in [-0.05, 0) is 30.0 Å². The molecule has 0 spiro atoms. The lowest BCUT2D eigenvalue weighted by Crippen LogP contribution is -2.13. The number of allylic oxidation sites excluding steroid dienone is 3. The highest BCUT2D eigenvalue weighted by Crippen LogP contribution is 2.27. The molecule has 0 bridgehead atoms. The molecule has 0 radical (unpaired) electrons. The first-order valence-electron chi connectivity index (χ1n) is 6.90. The van der Waals surface area contributed by atoms with Gasteiger partial charge in [0.25, 0.3) is 0 Å². The van der Waals surface area contributed by atoms with Gasteiger partial charge in [0.2, 0.25) is 0 Å². The molecule has 0 fully saturated rings. The first-order valence-corrected chi connectivity index (χ1v) is 6.90. The number of para-hydroxylation sites is 2. The van der Waals surface area contributed by atoms with Crippen molar-refractivity contribution in [1.29, 1.82) is 0 Å². The van der Waals surface area contributed by atoms with Gasteiger partial charge in [-0.15, -0.1) is 0 Å². The van der Waals surface area contributed by atoms with E-state index in [4.69, 9.17) is 0 Å². The zero-order valence-electron chi connectivity index (χ0n) is 12.8. The molecule has 0 aromatic heterocycles. The van der Waals surface area contributed by atoms with Crippen LogP contribution in [-0.4, -0.2) is 14.1 Å². The monoisotopic (exact) mass is 258 g/mol. The molecule has 0 amide bonds. The van der Waals surface area contributed by atoms with E-state index in [-0.39, 0.29) is 0 Å². The molecule has 0 heterocycles. The number of nitrogens with one attached hydrogen (secondary N) is 1. The molecular formula is C17H26N2. The fraction of sp³-hybridized carbons (Fsp3) is 0.412. The molecule has 0 atom stereocenters. The number of rotatable bonds is 6. The summed E-state index contributed by atoms with van der Waals surface area (Å²) in [6, 6.07) is 8.36. The predicted octanol–water partition coefficient (Wildman–Crippen LogP) is 4.67. The average Bonchev–Trinajstić information content (AvgIpc) is 2.38. The summed E-state index contributed by atoms with van der Waals surface area (Å²) in [7, 11) is 4.12. The van der Waals surface area contributed by atoms with Gasteiger partial charge in [0, 0.05) is 19.8 Å². The van der Waals surface area contributed by atoms with E-state index in [1.807, 2.05) is 6.08 Å². The number of anilines is 2. The summed E-state index contributed by atoms with van der Waals surface area (Å²) in [5.41, 5.74) is 4.88. The third-order valence-electron chi connectivity index (χ3n) is 3.22. The van der Waals surface area contributed by atoms with Crippen LogP contribution < -0.4 is 10.2 Å². The molecule has 0 saturated carbocycles. The third kappa shape index (κ3) is 3.88. The van der Waals surface area contributed by atoms with Crippen LogP contribution in [0, 0.1) is 5.92 Å². The molecule has 0 unspecified atom stereocenters. The standard InChI is InChI=1S/C17H26N2/c1-7-14(13(3)4)15(8-2)18-16-11-9-10-12-17(16)19(5)6/h7,9-13,18H,1,8H2,2-6H3/b15-14-. The van der Waals surface area contributed by atoms with Crippen LogP contribution in [0.5, 0.6) is 0 Å². The van der Waals surface area contributed by atoms with Crippen LogP contribution in [-0.2, 0) is 0 Å². The lowest BCUT2D eigenvalue weighted by Gasteiger charge is -2.21. The van der Waals surface area contributed by atoms with Crippen molar-refractivity contribution in [2.24, 2.45) is 5.92 Å². The predicted molar refractivity (Wildman–Crippen MR) is 86.7 cm³/mol. The van der Waals surface area contributed by atoms with Gasteiger partial charge in [-0.3, -0.25) is 0 Å². The fourth-order valence-corrected chi connectivity index (χ4v) is 2.20. The molecule has 2 heteroatoms. The van der Waals surface area contributed by atoms with E-state index in [1.54, 1.807) is 0 Å². The maximum atomic E-state index is 3.94. The molecule has 1 rings (SSSR count). The van der Waals surface area contributed by atoms with Gasteiger partial charge in [-0.1, -0.05) is 45.6 Å². The summed E-state index contributed by atoms with van der Waals surface area (Å²) in [6.45, 7) is 10.5. The van der Waals surface area contributed by atoms with Gasteiger partial charge < -0.3 is 10.2 Å². The normalized spacial score (nSPS) is 12.1. The molecule has 0 aliphatic carbocycles. The molecule has 19 heavy (non-hydrogen) atoms. The van der Waals surface area contributed by atoms with Crippen LogP contribution in [0.1, 0.15) is 27.2 Å². The van der Waals surface area contributed by atoms with Crippen molar-refractivity contribution < 1.29 is 0 Å². The Morgan fingerprint density at radius 1 is 1.32 bits per heavy atom. The Morgan fingerprint density at radius 3 is 2.42 bits per heavy atom. The topological polar surface area (TPSA) is 15.3 Å². The van der Waals surface area contributed by atoms with Crippen LogP contribution in [0.3, 0.4) is 0 Å². The van der Waals surface area contributed by atoms with Crippen molar-refractivity contribution >= 4 is 11.4 Å². The lowest BCUT2D eigenvalue weighted by atomic mass is 9.99. The SMILES string of the molecule is C=C/C(=C(\CC)Nc1ccccc1N(C)C)C(C)C. The minimum atomic E-state index is 0.478. The Kier molecular flexibility index (Phi) is 5.68. The van der Waals surface area contributed by atoms with Crippen LogP contribution in [0.2, 0.25) is 0 Å². The smallest absolute Gasteiger partial charge is 0.0619 e. The van der Waals surface area contributed by atoms with E-state index in [9.17, 15) is 0 Å². The molecule has 1 N–H and O–H groups in total. The van der Waals surface area contributed by atoms with Gasteiger partial charge in [-0.25, -0.2) is 0 Å². The van der Waals surface area contributed by atoms with Crippen molar-refractivity contribution in [3.05, 3.63) is 48.2 Å². The maximum Gasteiger partial charge on any atom is 0.0619 e. The average molecular weight is 258 g/mol. The molecule has 0 aliphatic rings. The Labute approximate surface area is 117 Å². The summed E-state index contributed by atoms with van der Waals surface area (Å²) in [5.74, 6) is 0.478. The van der Waals surface area contributed by atoms with Crippen molar-refractivity contribution in [3.8, 4) is 0 Å². The fourth-order valence-electron chi connectivity index (χ4n) is 2.20. The van der Waals surface area contributed by atoms with Gasteiger partial charge in [0.15, 0.2) is 0 Å². The highest BCUT2D eigenvalue weighted by atomic mass is 15.1. The molecule has 0 saturated heterocycles. The lowest BCUT2D eigenvalue weighted by molar-refractivity contribution is 0.773. The number of benzene rings is 1. The largest absolute Gasteiger partial charge is 0.376 e. The van der Waals surface area contributed by atoms with Crippen LogP contribution >= 0.6 is 0 Å². The second kappa shape index (κ2) is 7.03. The Morgan fingerprint density at radius 2 is 1.95 bits per heavy atom. The summed E-state index contributed by atoms with van der Waals surface area (Å²) in [5, 5.41) is 3.58. The molecule has 0 aliphatic heterocycles. The van der Waals surface area contributed by atoms with E-state index < -0.39 is 0 Å². The van der Waals surface area contributed by atoms with Gasteiger partial charge in [0.1, 0.15) is 0 Å². The first-order chi connectivity index (χ1) is 9.01. The molecule has 1 aromatic carbocycles. The van der Waals surface area contributed by atoms with Crippen LogP contribution in [0.4, 0.5) is 11.4 Å². The van der Waals surface area contributed by atoms with E-state index in [1.165, 1.54) is 17.0 Å². The Hall–Kier alpha value is -1.70. The van der Waals surface area contributed by atoms with E-state index in [0.717, 1.165) is 12.1 Å². The maximum absolute atomic E-state index is 3.94. The second-order valence-electron chi connectivity index (χ2n) is 5.18. The van der Waals surface area contributed by atoms with E-state index in [0.29, 0.717) is 5.92 Å². The molecule has 104 valence electrons. The number of hydrogen-bond donors (Lipinski definition) is 1. The Bertz CT molecular complexity index is 456. The zero-order chi connectivity index (χ0) is 14.4. The van der Waals surface area contributed by atoms with Gasteiger partial charge in [-0.2, -0.15) is 0 Å². The van der Waals surface area contributed by atoms with Crippen molar-refractivity contribution in [3.63, 3.8) is 0 Å². The van der Waals surface area contributed by atoms with Crippen molar-refractivity contribution in [2.45, 2.75) is 27.2 Å². The highest BCUT2D eigenvalue weighted by Gasteiger charge is 2.09. The van der Waals surface area contributed by atoms with Gasteiger partial charge >= 0.3 is 0 Å². The summed E-state index contributed by atoms with van der Waals surface area (Å²) in [6.07, 6.45) is 2.94. The number of nitrogens with zero attached hydrogens (tertiary/aromatic N) is 1. The summed E-state index contributed by atoms with van der Waals surface area (Å²) >= 11 is 0. The zero-order valence-corrected chi connectivity index (χ0v) is 12.8. The molecule has 2 nitrogen and oxygen atoms in total. The highest BCUT2D eigenvalue weighted by molar-refractivity contribution is 5.71. The van der Waals surface area contributed by atoms with Crippen LogP contribution in [0.15, 0.2) is 48.2 Å². The van der Waals surface area contributed by atoms with Crippen molar-refractivity contribution in [1.82, 2.24) is 0 Å². The minimum Gasteiger partial charge on any atom is -0.376 e. The molecular weight excluding hydrogens is 232 g/mol. The third-order valence-corrected chi connectivity index (χ3v) is 3.22. The quantitative estimate of drug-likeness (QED) is 0.746. The minimum absolute atomic E-state index is 0.478. The summed E-state index contributed by atoms with van der Waals surface area (Å²) in [4.78, 5) is 2.12. The second-order valence-corrected chi connectivity index (χ2v) is 5.18. The number of hydrogen-bond acceptors (Lipinski definition) is 2. The summed E-state index contributed by atoms with van der Waals surface area (Å²) < 4.78 is 0. The molecule has 1 aromatic rings. The van der Waals surface area contributed by atoms with Gasteiger partial charge in [0.05, 0.1) is 11.4 Å². The van der Waals surface area contributed by atoms with Crippen molar-refractivity contribution in [2.75, 3.05) is 24.3 Å². The van der Waals surface area contributed by atoms with E-state index in [2.05, 4.69) is 75.9 Å². The first kappa shape index (κ1) is 15.4. The Balaban J connectivity index is 3.16. The van der Waals surface area contributed by atoms with Crippen LogP contribution in [0.25, 0.3) is 0 Å².